The lowest BCUT2D eigenvalue weighted by molar-refractivity contribution is 0.0724. The molecular weight excluding hydrogens is 508 g/mol. The van der Waals surface area contributed by atoms with Gasteiger partial charge in [0.1, 0.15) is 5.00 Å². The zero-order chi connectivity index (χ0) is 26.6. The SMILES string of the molecule is CCCCN(CC)S(=O)(=O)c1ccc(C(=O)Nc2sc3c(c2C(=O)N2CCCCC2)CCN(C)C3)cc1. The second-order valence-electron chi connectivity index (χ2n) is 9.88. The Balaban J connectivity index is 1.57. The van der Waals surface area contributed by atoms with E-state index in [4.69, 9.17) is 0 Å². The number of unbranched alkanes of at least 4 members (excludes halogenated alkanes) is 1. The molecule has 1 saturated heterocycles. The maximum Gasteiger partial charge on any atom is 0.257 e. The highest BCUT2D eigenvalue weighted by atomic mass is 32.2. The van der Waals surface area contributed by atoms with Gasteiger partial charge in [-0.2, -0.15) is 4.31 Å². The largest absolute Gasteiger partial charge is 0.339 e. The lowest BCUT2D eigenvalue weighted by Gasteiger charge is -2.28. The molecule has 0 bridgehead atoms. The van der Waals surface area contributed by atoms with Crippen LogP contribution in [-0.2, 0) is 23.0 Å². The van der Waals surface area contributed by atoms with Gasteiger partial charge in [-0.15, -0.1) is 11.3 Å². The summed E-state index contributed by atoms with van der Waals surface area (Å²) in [6.07, 6.45) is 5.64. The number of likely N-dealkylation sites (N-methyl/N-ethyl adjacent to an activating group) is 1. The molecule has 0 unspecified atom stereocenters. The van der Waals surface area contributed by atoms with Crippen molar-refractivity contribution in [3.05, 3.63) is 45.8 Å². The first-order valence-electron chi connectivity index (χ1n) is 13.3. The van der Waals surface area contributed by atoms with Crippen molar-refractivity contribution >= 4 is 38.2 Å². The third-order valence-electron chi connectivity index (χ3n) is 7.20. The van der Waals surface area contributed by atoms with Gasteiger partial charge < -0.3 is 15.1 Å². The van der Waals surface area contributed by atoms with Crippen molar-refractivity contribution in [2.75, 3.05) is 45.1 Å². The number of thiophene rings is 1. The summed E-state index contributed by atoms with van der Waals surface area (Å²) in [7, 11) is -1.55. The van der Waals surface area contributed by atoms with E-state index < -0.39 is 10.0 Å². The van der Waals surface area contributed by atoms with E-state index in [-0.39, 0.29) is 16.7 Å². The summed E-state index contributed by atoms with van der Waals surface area (Å²) in [5.74, 6) is -0.341. The zero-order valence-corrected chi connectivity index (χ0v) is 23.7. The Bertz CT molecular complexity index is 1220. The number of sulfonamides is 1. The molecule has 0 radical (unpaired) electrons. The standard InChI is InChI=1S/C27H38N4O4S2/c1-4-6-17-31(5-2)37(34,35)21-12-10-20(11-13-21)25(32)28-26-24(27(33)30-15-8-7-9-16-30)22-14-18-29(3)19-23(22)36-26/h10-13H,4-9,14-19H2,1-3H3,(H,28,32). The smallest absolute Gasteiger partial charge is 0.257 e. The van der Waals surface area contributed by atoms with Crippen molar-refractivity contribution in [3.8, 4) is 0 Å². The van der Waals surface area contributed by atoms with Gasteiger partial charge in [-0.05, 0) is 69.0 Å². The van der Waals surface area contributed by atoms with Crippen LogP contribution in [0.1, 0.15) is 77.1 Å². The van der Waals surface area contributed by atoms with Gasteiger partial charge in [0.05, 0.1) is 10.5 Å². The first kappa shape index (κ1) is 27.8. The van der Waals surface area contributed by atoms with Crippen LogP contribution >= 0.6 is 11.3 Å². The minimum absolute atomic E-state index is 0.00484. The van der Waals surface area contributed by atoms with E-state index in [0.29, 0.717) is 29.2 Å². The van der Waals surface area contributed by atoms with Crippen LogP contribution in [0.5, 0.6) is 0 Å². The highest BCUT2D eigenvalue weighted by molar-refractivity contribution is 7.89. The number of benzene rings is 1. The van der Waals surface area contributed by atoms with Crippen LogP contribution in [0.4, 0.5) is 5.00 Å². The van der Waals surface area contributed by atoms with E-state index in [1.165, 1.54) is 27.8 Å². The zero-order valence-electron chi connectivity index (χ0n) is 22.1. The van der Waals surface area contributed by atoms with Crippen molar-refractivity contribution in [2.45, 2.75) is 63.8 Å². The molecule has 0 saturated carbocycles. The molecule has 202 valence electrons. The number of rotatable bonds is 9. The fourth-order valence-corrected chi connectivity index (χ4v) is 7.79. The summed E-state index contributed by atoms with van der Waals surface area (Å²) in [6.45, 7) is 7.87. The van der Waals surface area contributed by atoms with Gasteiger partial charge in [-0.3, -0.25) is 9.59 Å². The summed E-state index contributed by atoms with van der Waals surface area (Å²) < 4.78 is 27.5. The molecule has 10 heteroatoms. The molecule has 1 N–H and O–H groups in total. The van der Waals surface area contributed by atoms with Crippen molar-refractivity contribution < 1.29 is 18.0 Å². The van der Waals surface area contributed by atoms with Crippen LogP contribution in [0.3, 0.4) is 0 Å². The summed E-state index contributed by atoms with van der Waals surface area (Å²) in [6, 6.07) is 6.08. The third kappa shape index (κ3) is 6.08. The number of amides is 2. The number of carbonyl (C=O) groups excluding carboxylic acids is 2. The molecule has 4 rings (SSSR count). The highest BCUT2D eigenvalue weighted by Gasteiger charge is 2.31. The quantitative estimate of drug-likeness (QED) is 0.503. The van der Waals surface area contributed by atoms with Crippen LogP contribution in [-0.4, -0.2) is 74.1 Å². The fraction of sp³-hybridized carbons (Fsp3) is 0.556. The summed E-state index contributed by atoms with van der Waals surface area (Å²) in [4.78, 5) is 32.2. The molecule has 2 aliphatic heterocycles. The average Bonchev–Trinajstić information content (AvgIpc) is 3.25. The van der Waals surface area contributed by atoms with Gasteiger partial charge in [0.2, 0.25) is 10.0 Å². The van der Waals surface area contributed by atoms with Crippen LogP contribution < -0.4 is 5.32 Å². The monoisotopic (exact) mass is 546 g/mol. The van der Waals surface area contributed by atoms with E-state index in [9.17, 15) is 18.0 Å². The molecule has 8 nitrogen and oxygen atoms in total. The predicted octanol–water partition coefficient (Wildman–Crippen LogP) is 4.43. The second-order valence-corrected chi connectivity index (χ2v) is 12.9. The molecule has 2 amide bonds. The number of fused-ring (bicyclic) bond motifs is 1. The Kier molecular flexibility index (Phi) is 9.05. The van der Waals surface area contributed by atoms with Gasteiger partial charge in [-0.25, -0.2) is 8.42 Å². The Hall–Kier alpha value is -2.27. The molecule has 2 aliphatic rings. The van der Waals surface area contributed by atoms with E-state index in [1.807, 2.05) is 18.7 Å². The van der Waals surface area contributed by atoms with E-state index in [1.54, 1.807) is 12.1 Å². The van der Waals surface area contributed by atoms with Crippen LogP contribution in [0, 0.1) is 0 Å². The second kappa shape index (κ2) is 12.1. The van der Waals surface area contributed by atoms with Gasteiger partial charge in [0.15, 0.2) is 0 Å². The lowest BCUT2D eigenvalue weighted by Crippen LogP contribution is -2.37. The number of likely N-dealkylation sites (tertiary alicyclic amines) is 1. The van der Waals surface area contributed by atoms with Crippen molar-refractivity contribution in [1.29, 1.82) is 0 Å². The summed E-state index contributed by atoms with van der Waals surface area (Å²) >= 11 is 1.48. The molecule has 1 fully saturated rings. The number of anilines is 1. The van der Waals surface area contributed by atoms with Crippen LogP contribution in [0.2, 0.25) is 0 Å². The molecule has 2 aromatic rings. The molecule has 1 aromatic carbocycles. The van der Waals surface area contributed by atoms with E-state index >= 15 is 0 Å². The number of hydrogen-bond acceptors (Lipinski definition) is 6. The molecule has 0 aliphatic carbocycles. The topological polar surface area (TPSA) is 90.0 Å². The highest BCUT2D eigenvalue weighted by Crippen LogP contribution is 2.38. The first-order valence-corrected chi connectivity index (χ1v) is 15.6. The Labute approximate surface area is 224 Å². The molecule has 1 aromatic heterocycles. The molecule has 0 atom stereocenters. The Morgan fingerprint density at radius 2 is 1.76 bits per heavy atom. The van der Waals surface area contributed by atoms with Gasteiger partial charge in [-0.1, -0.05) is 20.3 Å². The summed E-state index contributed by atoms with van der Waals surface area (Å²) in [5.41, 5.74) is 2.05. The normalized spacial score (nSPS) is 16.6. The number of nitrogens with zero attached hydrogens (tertiary/aromatic N) is 3. The molecule has 37 heavy (non-hydrogen) atoms. The molecular formula is C27H38N4O4S2. The Morgan fingerprint density at radius 3 is 2.41 bits per heavy atom. The predicted molar refractivity (Wildman–Crippen MR) is 148 cm³/mol. The van der Waals surface area contributed by atoms with Crippen LogP contribution in [0.25, 0.3) is 0 Å². The number of carbonyl (C=O) groups is 2. The lowest BCUT2D eigenvalue weighted by atomic mass is 10.0. The number of hydrogen-bond donors (Lipinski definition) is 1. The molecule has 3 heterocycles. The third-order valence-corrected chi connectivity index (χ3v) is 10.3. The molecule has 0 spiro atoms. The average molecular weight is 547 g/mol. The number of piperidine rings is 1. The minimum atomic E-state index is -3.61. The van der Waals surface area contributed by atoms with Crippen molar-refractivity contribution in [2.24, 2.45) is 0 Å². The summed E-state index contributed by atoms with van der Waals surface area (Å²) in [5, 5.41) is 3.58. The fourth-order valence-electron chi connectivity index (χ4n) is 4.99. The van der Waals surface area contributed by atoms with Crippen molar-refractivity contribution in [1.82, 2.24) is 14.1 Å². The first-order chi connectivity index (χ1) is 17.8. The Morgan fingerprint density at radius 1 is 1.05 bits per heavy atom. The van der Waals surface area contributed by atoms with Crippen LogP contribution in [0.15, 0.2) is 29.2 Å². The maximum atomic E-state index is 13.6. The van der Waals surface area contributed by atoms with Gasteiger partial charge in [0.25, 0.3) is 11.8 Å². The van der Waals surface area contributed by atoms with E-state index in [2.05, 4.69) is 17.3 Å². The van der Waals surface area contributed by atoms with E-state index in [0.717, 1.165) is 75.1 Å². The maximum absolute atomic E-state index is 13.6. The minimum Gasteiger partial charge on any atom is -0.339 e. The van der Waals surface area contributed by atoms with Crippen molar-refractivity contribution in [3.63, 3.8) is 0 Å². The number of nitrogens with one attached hydrogen (secondary N) is 1. The van der Waals surface area contributed by atoms with Gasteiger partial charge >= 0.3 is 0 Å². The van der Waals surface area contributed by atoms with Gasteiger partial charge in [0, 0.05) is 49.7 Å².